The predicted octanol–water partition coefficient (Wildman–Crippen LogP) is 3.94. The Morgan fingerprint density at radius 3 is 2.86 bits per heavy atom. The molecule has 2 unspecified atom stereocenters. The Kier molecular flexibility index (Phi) is 9.96. The average Bonchev–Trinajstić information content (AvgIpc) is 3.05. The fourth-order valence-corrected chi connectivity index (χ4v) is 4.10. The third kappa shape index (κ3) is 7.19. The van der Waals surface area contributed by atoms with E-state index in [1.807, 2.05) is 7.05 Å². The second-order valence-corrected chi connectivity index (χ2v) is 8.16. The lowest BCUT2D eigenvalue weighted by molar-refractivity contribution is 0.0952. The van der Waals surface area contributed by atoms with Gasteiger partial charge in [0.25, 0.3) is 5.91 Å². The van der Waals surface area contributed by atoms with Crippen LogP contribution in [-0.4, -0.2) is 37.6 Å². The summed E-state index contributed by atoms with van der Waals surface area (Å²) < 4.78 is 0. The van der Waals surface area contributed by atoms with E-state index in [1.165, 1.54) is 18.4 Å². The van der Waals surface area contributed by atoms with Crippen LogP contribution in [0.1, 0.15) is 61.5 Å². The minimum atomic E-state index is -0.119. The lowest BCUT2D eigenvalue weighted by Crippen LogP contribution is -2.26. The second kappa shape index (κ2) is 12.2. The van der Waals surface area contributed by atoms with Gasteiger partial charge in [-0.1, -0.05) is 30.7 Å². The van der Waals surface area contributed by atoms with Gasteiger partial charge in [0.15, 0.2) is 0 Å². The van der Waals surface area contributed by atoms with E-state index >= 15 is 0 Å². The van der Waals surface area contributed by atoms with Crippen LogP contribution in [0.3, 0.4) is 0 Å². The molecule has 0 spiro atoms. The Bertz CT molecular complexity index is 649. The van der Waals surface area contributed by atoms with Crippen molar-refractivity contribution in [2.24, 2.45) is 11.8 Å². The van der Waals surface area contributed by atoms with Gasteiger partial charge in [-0.3, -0.25) is 9.78 Å². The topological polar surface area (TPSA) is 66.1 Å². The van der Waals surface area contributed by atoms with Crippen molar-refractivity contribution in [3.05, 3.63) is 40.7 Å². The number of rotatable bonds is 12. The fraction of sp³-hybridized carbons (Fsp3) is 0.636. The first-order valence-corrected chi connectivity index (χ1v) is 10.9. The van der Waals surface area contributed by atoms with Gasteiger partial charge in [0, 0.05) is 19.3 Å². The van der Waals surface area contributed by atoms with Crippen LogP contribution in [0.5, 0.6) is 0 Å². The summed E-state index contributed by atoms with van der Waals surface area (Å²) in [5.41, 5.74) is 2.74. The highest BCUT2D eigenvalue weighted by molar-refractivity contribution is 6.33. The number of nitrogens with zero attached hydrogens (tertiary/aromatic N) is 1. The molecule has 0 aromatic carbocycles. The monoisotopic (exact) mass is 406 g/mol. The number of halogens is 1. The summed E-state index contributed by atoms with van der Waals surface area (Å²) in [6, 6.07) is 1.79. The first-order valence-electron chi connectivity index (χ1n) is 10.5. The van der Waals surface area contributed by atoms with Gasteiger partial charge in [0.2, 0.25) is 0 Å². The minimum Gasteiger partial charge on any atom is -0.352 e. The third-order valence-corrected chi connectivity index (χ3v) is 5.86. The van der Waals surface area contributed by atoms with Crippen LogP contribution >= 0.6 is 11.6 Å². The van der Waals surface area contributed by atoms with Gasteiger partial charge in [-0.2, -0.15) is 0 Å². The Balaban J connectivity index is 1.74. The van der Waals surface area contributed by atoms with Crippen molar-refractivity contribution in [2.75, 3.05) is 26.7 Å². The maximum atomic E-state index is 12.5. The summed E-state index contributed by atoms with van der Waals surface area (Å²) in [4.78, 5) is 16.8. The minimum absolute atomic E-state index is 0.119. The zero-order valence-electron chi connectivity index (χ0n) is 17.3. The number of hydrogen-bond donors (Lipinski definition) is 3. The van der Waals surface area contributed by atoms with Gasteiger partial charge in [-0.25, -0.2) is 0 Å². The van der Waals surface area contributed by atoms with Crippen LogP contribution in [0.25, 0.3) is 0 Å². The van der Waals surface area contributed by atoms with E-state index in [0.717, 1.165) is 50.4 Å². The number of nitrogens with one attached hydrogen (secondary N) is 3. The van der Waals surface area contributed by atoms with Crippen molar-refractivity contribution >= 4 is 17.5 Å². The molecule has 1 heterocycles. The Morgan fingerprint density at radius 1 is 1.32 bits per heavy atom. The molecular weight excluding hydrogens is 372 g/mol. The third-order valence-electron chi connectivity index (χ3n) is 5.56. The van der Waals surface area contributed by atoms with Gasteiger partial charge in [-0.05, 0) is 76.6 Å². The molecule has 1 aliphatic carbocycles. The molecule has 2 atom stereocenters. The molecule has 3 N–H and O–H groups in total. The van der Waals surface area contributed by atoms with Crippen LogP contribution in [0.2, 0.25) is 5.02 Å². The van der Waals surface area contributed by atoms with Crippen molar-refractivity contribution in [2.45, 2.75) is 52.0 Å². The molecule has 0 saturated heterocycles. The normalized spacial score (nSPS) is 19.2. The summed E-state index contributed by atoms with van der Waals surface area (Å²) in [6.07, 6.45) is 8.34. The Hall–Kier alpha value is -1.43. The Morgan fingerprint density at radius 2 is 2.14 bits per heavy atom. The van der Waals surface area contributed by atoms with E-state index < -0.39 is 0 Å². The average molecular weight is 407 g/mol. The first-order chi connectivity index (χ1) is 13.5. The quantitative estimate of drug-likeness (QED) is 0.363. The molecule has 1 saturated carbocycles. The van der Waals surface area contributed by atoms with E-state index in [2.05, 4.69) is 34.4 Å². The van der Waals surface area contributed by atoms with Gasteiger partial charge in [0.1, 0.15) is 0 Å². The number of hydrogen-bond acceptors (Lipinski definition) is 4. The van der Waals surface area contributed by atoms with Gasteiger partial charge in [0.05, 0.1) is 16.3 Å². The molecule has 0 bridgehead atoms. The number of carbonyl (C=O) groups is 1. The van der Waals surface area contributed by atoms with Crippen molar-refractivity contribution in [3.8, 4) is 0 Å². The predicted molar refractivity (Wildman–Crippen MR) is 117 cm³/mol. The number of allylic oxidation sites excluding steroid dienone is 1. The Labute approximate surface area is 174 Å². The van der Waals surface area contributed by atoms with Gasteiger partial charge < -0.3 is 16.0 Å². The SMILES string of the molecule is C=C1CC(CCCNC(=O)c2cc(CNCCCNC)ncc2Cl)CC1CC. The highest BCUT2D eigenvalue weighted by Gasteiger charge is 2.26. The van der Waals surface area contributed by atoms with Crippen LogP contribution in [-0.2, 0) is 6.54 Å². The lowest BCUT2D eigenvalue weighted by atomic mass is 9.98. The number of pyridine rings is 1. The van der Waals surface area contributed by atoms with Crippen LogP contribution in [0.15, 0.2) is 24.4 Å². The van der Waals surface area contributed by atoms with E-state index in [-0.39, 0.29) is 5.91 Å². The van der Waals surface area contributed by atoms with E-state index in [4.69, 9.17) is 11.6 Å². The lowest BCUT2D eigenvalue weighted by Gasteiger charge is -2.11. The van der Waals surface area contributed by atoms with E-state index in [9.17, 15) is 4.79 Å². The zero-order valence-corrected chi connectivity index (χ0v) is 18.1. The smallest absolute Gasteiger partial charge is 0.252 e. The van der Waals surface area contributed by atoms with Crippen LogP contribution in [0.4, 0.5) is 0 Å². The summed E-state index contributed by atoms with van der Waals surface area (Å²) in [5, 5.41) is 9.86. The molecule has 5 nitrogen and oxygen atoms in total. The summed E-state index contributed by atoms with van der Waals surface area (Å²) in [5.74, 6) is 1.30. The van der Waals surface area contributed by atoms with Crippen molar-refractivity contribution in [1.29, 1.82) is 0 Å². The molecule has 0 radical (unpaired) electrons. The molecule has 156 valence electrons. The van der Waals surface area contributed by atoms with Crippen molar-refractivity contribution in [1.82, 2.24) is 20.9 Å². The van der Waals surface area contributed by atoms with Crippen LogP contribution < -0.4 is 16.0 Å². The van der Waals surface area contributed by atoms with Crippen LogP contribution in [0, 0.1) is 11.8 Å². The molecule has 1 amide bonds. The summed E-state index contributed by atoms with van der Waals surface area (Å²) in [7, 11) is 1.94. The molecule has 1 aliphatic rings. The summed E-state index contributed by atoms with van der Waals surface area (Å²) >= 11 is 6.20. The molecule has 2 rings (SSSR count). The van der Waals surface area contributed by atoms with Crippen molar-refractivity contribution in [3.63, 3.8) is 0 Å². The number of aromatic nitrogens is 1. The molecule has 1 aromatic rings. The van der Waals surface area contributed by atoms with E-state index in [0.29, 0.717) is 29.6 Å². The molecule has 28 heavy (non-hydrogen) atoms. The van der Waals surface area contributed by atoms with E-state index in [1.54, 1.807) is 12.3 Å². The number of amides is 1. The zero-order chi connectivity index (χ0) is 20.4. The molecular formula is C22H35ClN4O. The molecule has 1 aromatic heterocycles. The molecule has 6 heteroatoms. The highest BCUT2D eigenvalue weighted by atomic mass is 35.5. The number of carbonyl (C=O) groups excluding carboxylic acids is 1. The van der Waals surface area contributed by atoms with Gasteiger partial charge >= 0.3 is 0 Å². The fourth-order valence-electron chi connectivity index (χ4n) is 3.91. The highest BCUT2D eigenvalue weighted by Crippen LogP contribution is 2.38. The molecule has 1 fully saturated rings. The largest absolute Gasteiger partial charge is 0.352 e. The van der Waals surface area contributed by atoms with Gasteiger partial charge in [-0.15, -0.1) is 0 Å². The maximum absolute atomic E-state index is 12.5. The maximum Gasteiger partial charge on any atom is 0.252 e. The first kappa shape index (κ1) is 22.9. The summed E-state index contributed by atoms with van der Waals surface area (Å²) in [6.45, 7) is 9.63. The standard InChI is InChI=1S/C22H35ClN4O/c1-4-18-12-17(11-16(18)2)7-5-10-26-22(28)20-13-19(27-15-21(20)23)14-25-9-6-8-24-3/h13,15,17-18,24-25H,2,4-12,14H2,1,3H3,(H,26,28). The second-order valence-electron chi connectivity index (χ2n) is 7.76. The van der Waals surface area contributed by atoms with Crippen molar-refractivity contribution < 1.29 is 4.79 Å². The molecule has 0 aliphatic heterocycles.